The van der Waals surface area contributed by atoms with E-state index in [0.29, 0.717) is 31.5 Å². The molecule has 2 atom stereocenters. The predicted octanol–water partition coefficient (Wildman–Crippen LogP) is 4.62. The van der Waals surface area contributed by atoms with Gasteiger partial charge < -0.3 is 14.7 Å². The van der Waals surface area contributed by atoms with E-state index in [1.165, 1.54) is 0 Å². The summed E-state index contributed by atoms with van der Waals surface area (Å²) in [6.07, 6.45) is 1.76. The number of benzene rings is 1. The Morgan fingerprint density at radius 3 is 2.46 bits per heavy atom. The fraction of sp³-hybridized carbons (Fsp3) is 0.565. The predicted molar refractivity (Wildman–Crippen MR) is 108 cm³/mol. The molecule has 0 radical (unpaired) electrons. The van der Waals surface area contributed by atoms with E-state index in [4.69, 9.17) is 4.74 Å². The number of ether oxygens (including phenoxy) is 1. The van der Waals surface area contributed by atoms with Crippen LogP contribution in [-0.2, 0) is 14.9 Å². The summed E-state index contributed by atoms with van der Waals surface area (Å²) in [6, 6.07) is 10.1. The first kappa shape index (κ1) is 20.4. The lowest BCUT2D eigenvalue weighted by atomic mass is 9.50. The number of amides is 1. The number of nitrogens with zero attached hydrogens (tertiary/aromatic N) is 1. The third-order valence-corrected chi connectivity index (χ3v) is 6.24. The van der Waals surface area contributed by atoms with Crippen molar-refractivity contribution in [2.24, 2.45) is 11.3 Å². The van der Waals surface area contributed by atoms with Crippen LogP contribution in [0.3, 0.4) is 0 Å². The number of Topliss-reactive ketones (excluding diaryl/α,β-unsaturated/α-hetero) is 1. The number of rotatable bonds is 1. The minimum Gasteiger partial charge on any atom is -0.515 e. The number of piperidine rings is 1. The summed E-state index contributed by atoms with van der Waals surface area (Å²) < 4.78 is 5.62. The van der Waals surface area contributed by atoms with Gasteiger partial charge in [-0.05, 0) is 45.1 Å². The number of hydrogen-bond acceptors (Lipinski definition) is 4. The van der Waals surface area contributed by atoms with Crippen LogP contribution < -0.4 is 0 Å². The van der Waals surface area contributed by atoms with Gasteiger partial charge in [0.1, 0.15) is 5.60 Å². The molecular weight excluding hydrogens is 354 g/mol. The molecule has 1 aromatic carbocycles. The molecule has 1 aliphatic heterocycles. The number of aliphatic hydroxyl groups excluding tert-OH is 1. The Bertz CT molecular complexity index is 791. The molecule has 1 saturated heterocycles. The fourth-order valence-electron chi connectivity index (χ4n) is 5.07. The third kappa shape index (κ3) is 3.43. The van der Waals surface area contributed by atoms with E-state index in [2.05, 4.69) is 12.1 Å². The quantitative estimate of drug-likeness (QED) is 0.566. The van der Waals surface area contributed by atoms with Gasteiger partial charge in [-0.3, -0.25) is 4.79 Å². The van der Waals surface area contributed by atoms with E-state index < -0.39 is 16.4 Å². The summed E-state index contributed by atoms with van der Waals surface area (Å²) in [4.78, 5) is 27.5. The zero-order valence-electron chi connectivity index (χ0n) is 17.5. The van der Waals surface area contributed by atoms with Gasteiger partial charge in [-0.25, -0.2) is 4.79 Å². The van der Waals surface area contributed by atoms with Gasteiger partial charge in [-0.15, -0.1) is 0 Å². The maximum atomic E-state index is 13.0. The van der Waals surface area contributed by atoms with Crippen LogP contribution in [0, 0.1) is 11.3 Å². The molecule has 152 valence electrons. The number of carbonyl (C=O) groups excluding carboxylic acids is 2. The summed E-state index contributed by atoms with van der Waals surface area (Å²) in [5.41, 5.74) is -0.110. The van der Waals surface area contributed by atoms with Gasteiger partial charge >= 0.3 is 6.09 Å². The Labute approximate surface area is 167 Å². The van der Waals surface area contributed by atoms with E-state index in [1.54, 1.807) is 4.90 Å². The molecule has 0 aromatic heterocycles. The molecule has 5 nitrogen and oxygen atoms in total. The van der Waals surface area contributed by atoms with E-state index in [1.807, 2.05) is 52.8 Å². The van der Waals surface area contributed by atoms with Crippen molar-refractivity contribution in [3.63, 3.8) is 0 Å². The second kappa shape index (κ2) is 6.94. The summed E-state index contributed by atoms with van der Waals surface area (Å²) in [6.45, 7) is 10.5. The molecule has 1 aliphatic carbocycles. The molecule has 2 fully saturated rings. The highest BCUT2D eigenvalue weighted by Gasteiger charge is 2.58. The molecule has 0 bridgehead atoms. The lowest BCUT2D eigenvalue weighted by Crippen LogP contribution is -2.62. The van der Waals surface area contributed by atoms with E-state index in [0.717, 1.165) is 11.8 Å². The molecule has 1 amide bonds. The molecule has 2 aliphatic rings. The molecule has 0 spiro atoms. The Morgan fingerprint density at radius 1 is 1.25 bits per heavy atom. The summed E-state index contributed by atoms with van der Waals surface area (Å²) in [5.74, 6) is 0.0644. The van der Waals surface area contributed by atoms with Gasteiger partial charge in [0, 0.05) is 29.5 Å². The van der Waals surface area contributed by atoms with Gasteiger partial charge in [-0.1, -0.05) is 44.2 Å². The molecule has 1 saturated carbocycles. The molecule has 1 aromatic rings. The summed E-state index contributed by atoms with van der Waals surface area (Å²) >= 11 is 0. The minimum atomic E-state index is -0.622. The van der Waals surface area contributed by atoms with Crippen molar-refractivity contribution in [1.29, 1.82) is 0 Å². The highest BCUT2D eigenvalue weighted by atomic mass is 16.6. The number of carbonyl (C=O) groups is 2. The highest BCUT2D eigenvalue weighted by molar-refractivity contribution is 6.01. The zero-order valence-corrected chi connectivity index (χ0v) is 17.5. The molecule has 0 unspecified atom stereocenters. The zero-order chi connectivity index (χ0) is 20.7. The number of ketones is 1. The monoisotopic (exact) mass is 385 g/mol. The van der Waals surface area contributed by atoms with Crippen LogP contribution in [0.1, 0.15) is 53.0 Å². The maximum absolute atomic E-state index is 13.0. The first-order chi connectivity index (χ1) is 13.0. The molecule has 1 heterocycles. The van der Waals surface area contributed by atoms with Crippen molar-refractivity contribution >= 4 is 11.9 Å². The maximum Gasteiger partial charge on any atom is 0.410 e. The molecule has 1 N–H and O–H groups in total. The van der Waals surface area contributed by atoms with Crippen molar-refractivity contribution in [2.75, 3.05) is 13.1 Å². The van der Waals surface area contributed by atoms with Crippen molar-refractivity contribution in [3.8, 4) is 0 Å². The van der Waals surface area contributed by atoms with E-state index >= 15 is 0 Å². The fourth-order valence-corrected chi connectivity index (χ4v) is 5.07. The van der Waals surface area contributed by atoms with Crippen molar-refractivity contribution in [2.45, 2.75) is 58.5 Å². The number of allylic oxidation sites excluding steroid dienone is 1. The average Bonchev–Trinajstić information content (AvgIpc) is 2.64. The third-order valence-electron chi connectivity index (χ3n) is 6.24. The highest BCUT2D eigenvalue weighted by Crippen LogP contribution is 2.56. The lowest BCUT2D eigenvalue weighted by Gasteiger charge is -2.57. The van der Waals surface area contributed by atoms with Crippen LogP contribution >= 0.6 is 0 Å². The van der Waals surface area contributed by atoms with Gasteiger partial charge in [-0.2, -0.15) is 0 Å². The Morgan fingerprint density at radius 2 is 1.89 bits per heavy atom. The van der Waals surface area contributed by atoms with Gasteiger partial charge in [0.2, 0.25) is 0 Å². The average molecular weight is 386 g/mol. The smallest absolute Gasteiger partial charge is 0.410 e. The van der Waals surface area contributed by atoms with Gasteiger partial charge in [0.15, 0.2) is 5.78 Å². The summed E-state index contributed by atoms with van der Waals surface area (Å²) in [7, 11) is 0. The number of fused-ring (bicyclic) bond motifs is 1. The largest absolute Gasteiger partial charge is 0.515 e. The van der Waals surface area contributed by atoms with E-state index in [-0.39, 0.29) is 17.8 Å². The summed E-state index contributed by atoms with van der Waals surface area (Å²) in [5, 5.41) is 9.79. The lowest BCUT2D eigenvalue weighted by molar-refractivity contribution is -0.134. The number of hydrogen-bond donors (Lipinski definition) is 1. The van der Waals surface area contributed by atoms with Crippen LogP contribution in [0.4, 0.5) is 4.79 Å². The number of aliphatic hydroxyl groups is 1. The van der Waals surface area contributed by atoms with Crippen LogP contribution in [0.2, 0.25) is 0 Å². The Hall–Kier alpha value is -2.30. The standard InChI is InChI=1S/C23H31NO4/c1-21(2,3)28-20(27)24-12-11-18-22(4,5)19(26)16(14-25)13-23(18,15-24)17-9-7-6-8-10-17/h6-10,14,18,25H,11-13,15H2,1-5H3/b16-14-/t18-,23+/m0/s1. The Balaban J connectivity index is 2.07. The topological polar surface area (TPSA) is 66.8 Å². The molecule has 28 heavy (non-hydrogen) atoms. The van der Waals surface area contributed by atoms with Crippen LogP contribution in [0.5, 0.6) is 0 Å². The van der Waals surface area contributed by atoms with E-state index in [9.17, 15) is 14.7 Å². The van der Waals surface area contributed by atoms with Crippen molar-refractivity contribution in [1.82, 2.24) is 4.90 Å². The normalized spacial score (nSPS) is 28.8. The minimum absolute atomic E-state index is 0.00252. The van der Waals surface area contributed by atoms with Crippen molar-refractivity contribution < 1.29 is 19.4 Å². The second-order valence-electron chi connectivity index (χ2n) is 9.65. The molecule has 5 heteroatoms. The van der Waals surface area contributed by atoms with Gasteiger partial charge in [0.25, 0.3) is 0 Å². The molecule has 3 rings (SSSR count). The molecular formula is C23H31NO4. The van der Waals surface area contributed by atoms with Crippen molar-refractivity contribution in [3.05, 3.63) is 47.7 Å². The second-order valence-corrected chi connectivity index (χ2v) is 9.65. The van der Waals surface area contributed by atoms with Crippen LogP contribution in [0.15, 0.2) is 42.2 Å². The SMILES string of the molecule is CC(C)(C)OC(=O)N1CC[C@H]2C(C)(C)C(=O)/C(=C\O)C[C@]2(c2ccccc2)C1. The first-order valence-corrected chi connectivity index (χ1v) is 9.93. The van der Waals surface area contributed by atoms with Crippen LogP contribution in [0.25, 0.3) is 0 Å². The van der Waals surface area contributed by atoms with Gasteiger partial charge in [0.05, 0.1) is 6.26 Å². The van der Waals surface area contributed by atoms with Crippen LogP contribution in [-0.4, -0.2) is 40.6 Å². The number of likely N-dealkylation sites (tertiary alicyclic amines) is 1. The first-order valence-electron chi connectivity index (χ1n) is 9.93. The Kier molecular flexibility index (Phi) is 5.07.